The summed E-state index contributed by atoms with van der Waals surface area (Å²) in [4.78, 5) is 55.2. The van der Waals surface area contributed by atoms with Crippen LogP contribution in [0.2, 0.25) is 0 Å². The number of phenols is 1. The second kappa shape index (κ2) is 17.7. The highest BCUT2D eigenvalue weighted by atomic mass is 32.1. The van der Waals surface area contributed by atoms with Gasteiger partial charge in [-0.15, -0.1) is 11.3 Å². The van der Waals surface area contributed by atoms with E-state index in [9.17, 15) is 24.6 Å². The molecule has 2 aliphatic rings. The molecule has 2 fully saturated rings. The number of β-amino-alcohol motifs (C(OH)–C–C–N with tert-alkyl or cyclic N) is 1. The van der Waals surface area contributed by atoms with Crippen molar-refractivity contribution in [1.82, 2.24) is 40.6 Å². The number of pyridine rings is 1. The largest absolute Gasteiger partial charge is 0.507 e. The summed E-state index contributed by atoms with van der Waals surface area (Å²) in [6, 6.07) is 18.9. The zero-order chi connectivity index (χ0) is 41.8. The third kappa shape index (κ3) is 9.67. The number of hydrogen-bond donors (Lipinski definition) is 4. The van der Waals surface area contributed by atoms with Gasteiger partial charge in [-0.1, -0.05) is 63.2 Å². The Hall–Kier alpha value is -5.57. The van der Waals surface area contributed by atoms with Crippen molar-refractivity contribution in [1.29, 1.82) is 0 Å². The number of phenolic OH excluding ortho intramolecular Hbond substituents is 1. The predicted molar refractivity (Wildman–Crippen MR) is 227 cm³/mol. The maximum atomic E-state index is 14.2. The van der Waals surface area contributed by atoms with Gasteiger partial charge in [-0.05, 0) is 80.6 Å². The number of hydrogen-bond acceptors (Lipinski definition) is 11. The van der Waals surface area contributed by atoms with Crippen molar-refractivity contribution in [2.24, 2.45) is 5.41 Å². The summed E-state index contributed by atoms with van der Waals surface area (Å²) in [6.07, 6.45) is 4.43. The zero-order valence-electron chi connectivity index (χ0n) is 34.1. The van der Waals surface area contributed by atoms with E-state index in [0.29, 0.717) is 24.3 Å². The monoisotopic (exact) mass is 816 g/mol. The fraction of sp³-hybridized carbons (Fsp3) is 0.400. The molecule has 0 spiro atoms. The van der Waals surface area contributed by atoms with Gasteiger partial charge >= 0.3 is 0 Å². The maximum Gasteiger partial charge on any atom is 0.246 e. The Bertz CT molecular complexity index is 2270. The van der Waals surface area contributed by atoms with Crippen LogP contribution < -0.4 is 10.6 Å². The maximum absolute atomic E-state index is 14.2. The summed E-state index contributed by atoms with van der Waals surface area (Å²) in [6.45, 7) is 11.1. The van der Waals surface area contributed by atoms with Gasteiger partial charge in [-0.3, -0.25) is 24.3 Å². The lowest BCUT2D eigenvalue weighted by molar-refractivity contribution is -0.144. The Balaban J connectivity index is 0.924. The average Bonchev–Trinajstić information content (AvgIpc) is 3.85. The highest BCUT2D eigenvalue weighted by Gasteiger charge is 2.45. The molecule has 0 saturated carbocycles. The highest BCUT2D eigenvalue weighted by molar-refractivity contribution is 7.13. The molecule has 7 rings (SSSR count). The lowest BCUT2D eigenvalue weighted by Gasteiger charge is -2.36. The van der Waals surface area contributed by atoms with E-state index in [1.165, 1.54) is 4.90 Å². The third-order valence-electron chi connectivity index (χ3n) is 11.4. The number of thiazole rings is 1. The van der Waals surface area contributed by atoms with Crippen LogP contribution in [0, 0.1) is 12.3 Å². The number of piperidine rings is 1. The Labute approximate surface area is 348 Å². The summed E-state index contributed by atoms with van der Waals surface area (Å²) in [5.41, 5.74) is 8.03. The van der Waals surface area contributed by atoms with Crippen LogP contribution in [0.25, 0.3) is 32.8 Å². The molecule has 3 amide bonds. The lowest BCUT2D eigenvalue weighted by atomic mass is 9.85. The molecule has 14 heteroatoms. The van der Waals surface area contributed by atoms with Crippen LogP contribution in [-0.4, -0.2) is 102 Å². The van der Waals surface area contributed by atoms with E-state index in [4.69, 9.17) is 4.98 Å². The minimum Gasteiger partial charge on any atom is -0.507 e. The van der Waals surface area contributed by atoms with Gasteiger partial charge in [0.05, 0.1) is 46.7 Å². The molecule has 308 valence electrons. The molecule has 3 aromatic heterocycles. The van der Waals surface area contributed by atoms with Gasteiger partial charge in [0.15, 0.2) is 0 Å². The van der Waals surface area contributed by atoms with Crippen LogP contribution in [0.5, 0.6) is 5.75 Å². The number of rotatable bonds is 11. The Morgan fingerprint density at radius 1 is 0.932 bits per heavy atom. The van der Waals surface area contributed by atoms with E-state index >= 15 is 0 Å². The van der Waals surface area contributed by atoms with E-state index in [2.05, 4.69) is 30.7 Å². The number of aryl methyl sites for hydroxylation is 1. The van der Waals surface area contributed by atoms with E-state index < -0.39 is 23.6 Å². The van der Waals surface area contributed by atoms with Crippen molar-refractivity contribution in [2.75, 3.05) is 26.2 Å². The molecule has 0 bridgehead atoms. The van der Waals surface area contributed by atoms with Crippen LogP contribution >= 0.6 is 11.3 Å². The Morgan fingerprint density at radius 3 is 2.32 bits per heavy atom. The molecule has 59 heavy (non-hydrogen) atoms. The first-order valence-corrected chi connectivity index (χ1v) is 21.0. The van der Waals surface area contributed by atoms with Gasteiger partial charge in [0.25, 0.3) is 0 Å². The predicted octanol–water partition coefficient (Wildman–Crippen LogP) is 5.89. The second-order valence-corrected chi connectivity index (χ2v) is 17.6. The van der Waals surface area contributed by atoms with E-state index in [1.54, 1.807) is 35.7 Å². The van der Waals surface area contributed by atoms with Gasteiger partial charge in [0, 0.05) is 47.5 Å². The number of para-hydroxylation sites is 1. The number of aliphatic hydroxyl groups is 1. The van der Waals surface area contributed by atoms with Crippen LogP contribution in [0.3, 0.4) is 0 Å². The summed E-state index contributed by atoms with van der Waals surface area (Å²) in [5, 5.41) is 35.4. The molecule has 2 aromatic carbocycles. The van der Waals surface area contributed by atoms with Crippen LogP contribution in [0.1, 0.15) is 75.9 Å². The molecule has 0 radical (unpaired) electrons. The molecular weight excluding hydrogens is 765 g/mol. The van der Waals surface area contributed by atoms with E-state index in [-0.39, 0.29) is 54.9 Å². The number of amides is 3. The number of aromatic nitrogens is 4. The molecule has 4 N–H and O–H groups in total. The Morgan fingerprint density at radius 2 is 1.66 bits per heavy atom. The number of benzene rings is 2. The fourth-order valence-corrected chi connectivity index (χ4v) is 8.79. The first-order chi connectivity index (χ1) is 28.2. The first kappa shape index (κ1) is 41.6. The summed E-state index contributed by atoms with van der Waals surface area (Å²) >= 11 is 1.58. The number of likely N-dealkylation sites (tertiary alicyclic amines) is 2. The average molecular weight is 817 g/mol. The first-order valence-electron chi connectivity index (χ1n) is 20.1. The summed E-state index contributed by atoms with van der Waals surface area (Å²) in [5.74, 6) is -0.615. The van der Waals surface area contributed by atoms with Crippen molar-refractivity contribution in [3.05, 3.63) is 102 Å². The van der Waals surface area contributed by atoms with Gasteiger partial charge < -0.3 is 25.7 Å². The van der Waals surface area contributed by atoms with Gasteiger partial charge in [-0.2, -0.15) is 10.2 Å². The number of nitrogens with zero attached hydrogens (tertiary/aromatic N) is 6. The zero-order valence-corrected chi connectivity index (χ0v) is 34.9. The molecule has 4 atom stereocenters. The van der Waals surface area contributed by atoms with Crippen molar-refractivity contribution in [3.63, 3.8) is 0 Å². The molecule has 0 aliphatic carbocycles. The van der Waals surface area contributed by atoms with Gasteiger partial charge in [0.2, 0.25) is 17.7 Å². The molecular formula is C45H52N8O5S. The minimum atomic E-state index is -0.902. The van der Waals surface area contributed by atoms with Crippen LogP contribution in [0.4, 0.5) is 0 Å². The van der Waals surface area contributed by atoms with Gasteiger partial charge in [-0.25, -0.2) is 4.98 Å². The van der Waals surface area contributed by atoms with Gasteiger partial charge in [0.1, 0.15) is 17.8 Å². The number of aliphatic hydroxyl groups excluding tert-OH is 1. The van der Waals surface area contributed by atoms with Crippen molar-refractivity contribution in [3.8, 4) is 38.6 Å². The van der Waals surface area contributed by atoms with Crippen molar-refractivity contribution >= 4 is 29.1 Å². The van der Waals surface area contributed by atoms with E-state index in [0.717, 1.165) is 51.4 Å². The fourth-order valence-electron chi connectivity index (χ4n) is 7.98. The van der Waals surface area contributed by atoms with E-state index in [1.807, 2.05) is 94.9 Å². The van der Waals surface area contributed by atoms with Crippen molar-refractivity contribution in [2.45, 2.75) is 84.0 Å². The van der Waals surface area contributed by atoms with Crippen LogP contribution in [-0.2, 0) is 14.4 Å². The molecule has 2 saturated heterocycles. The number of aromatic hydroxyl groups is 1. The molecule has 1 unspecified atom stereocenters. The third-order valence-corrected chi connectivity index (χ3v) is 12.4. The Kier molecular flexibility index (Phi) is 12.5. The smallest absolute Gasteiger partial charge is 0.246 e. The summed E-state index contributed by atoms with van der Waals surface area (Å²) < 4.78 is 0. The molecule has 13 nitrogen and oxygen atoms in total. The standard InChI is InChI=1S/C45H52N8O5S/c1-27(29-10-12-31(13-11-29)41-28(2)47-26-59-41)49-43(57)38-21-34(54)24-53(38)44(58)42(45(3,4)5)50-40(56)25-52-18-16-30(17-19-52)36-15-14-32(22-46-36)33-20-37(51-48-23-33)35-8-6-7-9-39(35)55/h6-15,20,22-23,26-27,30,34,38,42,54-55H,16-19,21,24-25H2,1-5H3,(H,49,57)(H,50,56)/t27-,34+,38-,42?/m0/s1. The number of carbonyl (C=O) groups is 3. The lowest BCUT2D eigenvalue weighted by Crippen LogP contribution is -2.59. The van der Waals surface area contributed by atoms with Crippen molar-refractivity contribution < 1.29 is 24.6 Å². The minimum absolute atomic E-state index is 0.0118. The molecule has 5 aromatic rings. The second-order valence-electron chi connectivity index (χ2n) is 16.8. The van der Waals surface area contributed by atoms with Crippen LogP contribution in [0.15, 0.2) is 84.6 Å². The molecule has 5 heterocycles. The normalized spacial score (nSPS) is 18.6. The SMILES string of the molecule is Cc1ncsc1-c1ccc([C@H](C)NC(=O)[C@@H]2C[C@@H](O)CN2C(=O)C(NC(=O)CN2CCC(c3ccc(-c4cnnc(-c5ccccc5O)c4)cn3)CC2)C(C)(C)C)cc1. The quantitative estimate of drug-likeness (QED) is 0.126. The summed E-state index contributed by atoms with van der Waals surface area (Å²) in [7, 11) is 0. The highest BCUT2D eigenvalue weighted by Crippen LogP contribution is 2.33. The number of nitrogens with one attached hydrogen (secondary N) is 2. The topological polar surface area (TPSA) is 174 Å². The number of carbonyl (C=O) groups excluding carboxylic acids is 3. The molecule has 2 aliphatic heterocycles.